The van der Waals surface area contributed by atoms with E-state index in [-0.39, 0.29) is 0 Å². The summed E-state index contributed by atoms with van der Waals surface area (Å²) in [7, 11) is 3.75. The lowest BCUT2D eigenvalue weighted by molar-refractivity contribution is -0.156. The number of methoxy groups -OCH3 is 1. The molecule has 0 spiro atoms. The summed E-state index contributed by atoms with van der Waals surface area (Å²) in [4.78, 5) is 0. The Hall–Kier alpha value is -2.85. The maximum Gasteiger partial charge on any atom is 0.210 e. The molecule has 0 saturated carbocycles. The third-order valence-electron chi connectivity index (χ3n) is 7.44. The van der Waals surface area contributed by atoms with Gasteiger partial charge in [0.05, 0.1) is 8.55 Å². The van der Waals surface area contributed by atoms with Gasteiger partial charge in [0, 0.05) is 25.8 Å². The molecule has 0 N–H and O–H groups in total. The van der Waals surface area contributed by atoms with Crippen LogP contribution in [0.25, 0.3) is 53.9 Å². The van der Waals surface area contributed by atoms with Crippen LogP contribution in [0.4, 0.5) is 0 Å². The standard InChI is InChI=1S/C30H23O3Si3/c1-31-30(18-36(32-2)35-34-33-30)29-25-10-6-5-9-21(25)16-28-26(29)12-11-22-15-23-13-19-7-3-4-8-20(19)14-24(23)17-27(22)28/h3-17H,18H2,1-2H3. The average Bonchev–Trinajstić information content (AvgIpc) is 2.93. The van der Waals surface area contributed by atoms with Crippen LogP contribution in [0.3, 0.4) is 0 Å². The van der Waals surface area contributed by atoms with Crippen molar-refractivity contribution < 1.29 is 13.6 Å². The molecule has 6 heteroatoms. The lowest BCUT2D eigenvalue weighted by Gasteiger charge is -2.39. The van der Waals surface area contributed by atoms with Crippen molar-refractivity contribution in [2.45, 2.75) is 11.8 Å². The molecule has 6 aromatic carbocycles. The van der Waals surface area contributed by atoms with E-state index >= 15 is 0 Å². The van der Waals surface area contributed by atoms with E-state index < -0.39 is 14.3 Å². The fourth-order valence-corrected chi connectivity index (χ4v) is 13.0. The van der Waals surface area contributed by atoms with Gasteiger partial charge in [-0.2, -0.15) is 0 Å². The third-order valence-corrected chi connectivity index (χ3v) is 15.6. The van der Waals surface area contributed by atoms with Crippen LogP contribution in [0.15, 0.2) is 91.0 Å². The number of hydrogen-bond donors (Lipinski definition) is 0. The van der Waals surface area contributed by atoms with Crippen molar-refractivity contribution in [2.24, 2.45) is 0 Å². The van der Waals surface area contributed by atoms with E-state index in [0.29, 0.717) is 9.28 Å². The van der Waals surface area contributed by atoms with Gasteiger partial charge in [0.2, 0.25) is 9.28 Å². The summed E-state index contributed by atoms with van der Waals surface area (Å²) >= 11 is 0. The molecule has 173 valence electrons. The van der Waals surface area contributed by atoms with Crippen LogP contribution in [-0.2, 0) is 19.4 Å². The minimum absolute atomic E-state index is 0.397. The van der Waals surface area contributed by atoms with Crippen LogP contribution in [-0.4, -0.2) is 40.6 Å². The van der Waals surface area contributed by atoms with E-state index in [1.807, 2.05) is 7.11 Å². The van der Waals surface area contributed by atoms with E-state index in [9.17, 15) is 0 Å². The molecule has 5 radical (unpaired) electrons. The first-order chi connectivity index (χ1) is 17.7. The van der Waals surface area contributed by atoms with E-state index in [1.165, 1.54) is 53.9 Å². The van der Waals surface area contributed by atoms with Crippen molar-refractivity contribution in [3.8, 4) is 0 Å². The molecule has 1 aliphatic heterocycles. The zero-order valence-electron chi connectivity index (χ0n) is 20.1. The summed E-state index contributed by atoms with van der Waals surface area (Å²) in [5.41, 5.74) is 1.13. The summed E-state index contributed by atoms with van der Waals surface area (Å²) in [6.07, 6.45) is 0. The smallest absolute Gasteiger partial charge is 0.210 e. The van der Waals surface area contributed by atoms with Gasteiger partial charge in [-0.25, -0.2) is 0 Å². The first kappa shape index (κ1) is 22.4. The van der Waals surface area contributed by atoms with Gasteiger partial charge >= 0.3 is 0 Å². The molecule has 0 aromatic heterocycles. The van der Waals surface area contributed by atoms with Crippen LogP contribution < -0.4 is 0 Å². The largest absolute Gasteiger partial charge is 0.424 e. The first-order valence-corrected chi connectivity index (χ1v) is 17.6. The van der Waals surface area contributed by atoms with E-state index in [2.05, 4.69) is 91.0 Å². The minimum Gasteiger partial charge on any atom is -0.424 e. The fraction of sp³-hybridized carbons (Fsp3) is 0.133. The van der Waals surface area contributed by atoms with E-state index in [1.54, 1.807) is 7.11 Å². The maximum atomic E-state index is 6.54. The Morgan fingerprint density at radius 2 is 1.31 bits per heavy atom. The highest BCUT2D eigenvalue weighted by Crippen LogP contribution is 2.44. The SMILES string of the molecule is CO[Si]1CC(OC)(c2c3ccccc3cc3c2ccc2cc4cc5ccccc5cc4cc23)O[Si][Si]1. The van der Waals surface area contributed by atoms with Crippen LogP contribution in [0.2, 0.25) is 6.04 Å². The predicted octanol–water partition coefficient (Wildman–Crippen LogP) is 6.66. The molecule has 1 saturated heterocycles. The second kappa shape index (κ2) is 8.62. The molecule has 0 aliphatic carbocycles. The Morgan fingerprint density at radius 3 is 2.06 bits per heavy atom. The molecule has 0 amide bonds. The molecule has 1 unspecified atom stereocenters. The second-order valence-corrected chi connectivity index (χ2v) is 16.9. The highest BCUT2D eigenvalue weighted by Gasteiger charge is 2.43. The molecule has 7 rings (SSSR count). The summed E-state index contributed by atoms with van der Waals surface area (Å²) in [5.74, 6) is -0.798. The van der Waals surface area contributed by atoms with Gasteiger partial charge in [-0.05, 0) is 84.2 Å². The molecular weight excluding hydrogens is 493 g/mol. The molecule has 6 aromatic rings. The highest BCUT2D eigenvalue weighted by molar-refractivity contribution is 7.33. The topological polar surface area (TPSA) is 27.7 Å². The summed E-state index contributed by atoms with van der Waals surface area (Å²) < 4.78 is 18.7. The van der Waals surface area contributed by atoms with Crippen LogP contribution in [0.1, 0.15) is 5.56 Å². The van der Waals surface area contributed by atoms with Crippen molar-refractivity contribution in [3.63, 3.8) is 0 Å². The van der Waals surface area contributed by atoms with Gasteiger partial charge in [0.15, 0.2) is 14.3 Å². The van der Waals surface area contributed by atoms with E-state index in [4.69, 9.17) is 13.6 Å². The van der Waals surface area contributed by atoms with Crippen LogP contribution in [0, 0.1) is 0 Å². The number of ether oxygens (including phenoxy) is 1. The predicted molar refractivity (Wildman–Crippen MR) is 153 cm³/mol. The molecule has 0 bridgehead atoms. The van der Waals surface area contributed by atoms with Gasteiger partial charge in [-0.1, -0.05) is 60.7 Å². The molecule has 1 aliphatic rings. The van der Waals surface area contributed by atoms with Gasteiger partial charge in [-0.3, -0.25) is 0 Å². The van der Waals surface area contributed by atoms with Crippen molar-refractivity contribution >= 4 is 80.3 Å². The number of benzene rings is 6. The van der Waals surface area contributed by atoms with Crippen molar-refractivity contribution in [2.75, 3.05) is 14.2 Å². The zero-order valence-corrected chi connectivity index (χ0v) is 23.1. The van der Waals surface area contributed by atoms with Crippen molar-refractivity contribution in [1.82, 2.24) is 0 Å². The number of rotatable bonds is 3. The maximum absolute atomic E-state index is 6.54. The molecule has 1 fully saturated rings. The lowest BCUT2D eigenvalue weighted by atomic mass is 9.89. The summed E-state index contributed by atoms with van der Waals surface area (Å²) in [6, 6.07) is 34.1. The highest BCUT2D eigenvalue weighted by atomic mass is 29.6. The first-order valence-electron chi connectivity index (χ1n) is 12.0. The fourth-order valence-electron chi connectivity index (χ4n) is 5.66. The monoisotopic (exact) mass is 515 g/mol. The third kappa shape index (κ3) is 3.41. The molecule has 1 atom stereocenters. The van der Waals surface area contributed by atoms with Gasteiger partial charge in [-0.15, -0.1) is 0 Å². The summed E-state index contributed by atoms with van der Waals surface area (Å²) in [5, 5.41) is 12.4. The van der Waals surface area contributed by atoms with Gasteiger partial charge in [0.1, 0.15) is 0 Å². The Morgan fingerprint density at radius 1 is 0.667 bits per heavy atom. The molecular formula is C30H23O3Si3. The van der Waals surface area contributed by atoms with Crippen molar-refractivity contribution in [1.29, 1.82) is 0 Å². The molecule has 36 heavy (non-hydrogen) atoms. The average molecular weight is 516 g/mol. The Labute approximate surface area is 216 Å². The van der Waals surface area contributed by atoms with E-state index in [0.717, 1.165) is 20.2 Å². The number of hydrogen-bond acceptors (Lipinski definition) is 3. The Bertz CT molecular complexity index is 1800. The lowest BCUT2D eigenvalue weighted by Crippen LogP contribution is -2.49. The van der Waals surface area contributed by atoms with Crippen LogP contribution >= 0.6 is 0 Å². The molecule has 3 nitrogen and oxygen atoms in total. The summed E-state index contributed by atoms with van der Waals surface area (Å²) in [6.45, 7) is 0. The Balaban J connectivity index is 1.58. The zero-order chi connectivity index (χ0) is 24.3. The second-order valence-electron chi connectivity index (χ2n) is 9.34. The van der Waals surface area contributed by atoms with Crippen molar-refractivity contribution in [3.05, 3.63) is 96.6 Å². The minimum atomic E-state index is -0.989. The normalized spacial score (nSPS) is 19.2. The van der Waals surface area contributed by atoms with Gasteiger partial charge < -0.3 is 13.6 Å². The Kier molecular flexibility index (Phi) is 5.35. The quantitative estimate of drug-likeness (QED) is 0.150. The van der Waals surface area contributed by atoms with Crippen LogP contribution in [0.5, 0.6) is 0 Å². The molecule has 1 heterocycles. The number of fused-ring (bicyclic) bond motifs is 6. The van der Waals surface area contributed by atoms with Gasteiger partial charge in [0.25, 0.3) is 0 Å².